The number of hydrogen-bond donors (Lipinski definition) is 0. The molecule has 0 aliphatic heterocycles. The van der Waals surface area contributed by atoms with Gasteiger partial charge in [-0.2, -0.15) is 0 Å². The van der Waals surface area contributed by atoms with E-state index in [1.165, 1.54) is 11.1 Å². The zero-order valence-corrected chi connectivity index (χ0v) is 8.85. The molecule has 1 aromatic rings. The molecule has 0 aliphatic carbocycles. The lowest BCUT2D eigenvalue weighted by Gasteiger charge is -2.08. The molecule has 0 atom stereocenters. The van der Waals surface area contributed by atoms with Gasteiger partial charge in [-0.05, 0) is 37.1 Å². The summed E-state index contributed by atoms with van der Waals surface area (Å²) in [6.07, 6.45) is 0. The fourth-order valence-electron chi connectivity index (χ4n) is 0.985. The minimum Gasteiger partial charge on any atom is -0.541 e. The van der Waals surface area contributed by atoms with Gasteiger partial charge in [0.2, 0.25) is 0 Å². The average Bonchev–Trinajstić information content (AvgIpc) is 2.08. The molecule has 0 spiro atoms. The van der Waals surface area contributed by atoms with Crippen LogP contribution in [0.4, 0.5) is 0 Å². The minimum atomic E-state index is 0.585. The zero-order chi connectivity index (χ0) is 8.97. The van der Waals surface area contributed by atoms with Crippen LogP contribution in [-0.4, -0.2) is 9.76 Å². The predicted molar refractivity (Wildman–Crippen MR) is 52.8 cm³/mol. The summed E-state index contributed by atoms with van der Waals surface area (Å²) in [6, 6.07) is 7.27. The fourth-order valence-corrected chi connectivity index (χ4v) is 1.51. The maximum Gasteiger partial charge on any atom is 0.310 e. The van der Waals surface area contributed by atoms with Gasteiger partial charge < -0.3 is 4.43 Å². The van der Waals surface area contributed by atoms with Gasteiger partial charge in [-0.15, -0.1) is 0 Å². The molecule has 1 aromatic carbocycles. The van der Waals surface area contributed by atoms with E-state index >= 15 is 0 Å². The van der Waals surface area contributed by atoms with E-state index in [1.54, 1.807) is 0 Å². The molecule has 0 saturated heterocycles. The second-order valence-corrected chi connectivity index (χ2v) is 4.00. The van der Waals surface area contributed by atoms with Crippen LogP contribution >= 0.6 is 0 Å². The lowest BCUT2D eigenvalue weighted by Crippen LogP contribution is -2.01. The van der Waals surface area contributed by atoms with Gasteiger partial charge in [0, 0.05) is 0 Å². The van der Waals surface area contributed by atoms with Crippen molar-refractivity contribution in [3.05, 3.63) is 29.3 Å². The van der Waals surface area contributed by atoms with Gasteiger partial charge >= 0.3 is 9.76 Å². The standard InChI is InChI=1S/C10H14OSi/c1-4-12-11-10-7-5-6-8(2)9(10)3/h5-7H,4H2,1-3H3. The van der Waals surface area contributed by atoms with E-state index in [4.69, 9.17) is 4.43 Å². The Balaban J connectivity index is 2.78. The molecule has 0 bridgehead atoms. The number of benzene rings is 1. The molecule has 64 valence electrons. The molecule has 0 heterocycles. The summed E-state index contributed by atoms with van der Waals surface area (Å²) in [7, 11) is 0.585. The first kappa shape index (κ1) is 9.33. The molecule has 0 unspecified atom stereocenters. The highest BCUT2D eigenvalue weighted by atomic mass is 28.2. The van der Waals surface area contributed by atoms with Crippen molar-refractivity contribution in [3.8, 4) is 5.75 Å². The molecule has 0 aliphatic rings. The van der Waals surface area contributed by atoms with Crippen LogP contribution < -0.4 is 4.43 Å². The van der Waals surface area contributed by atoms with E-state index in [0.717, 1.165) is 11.8 Å². The first-order valence-corrected chi connectivity index (χ1v) is 5.33. The predicted octanol–water partition coefficient (Wildman–Crippen LogP) is 2.74. The fraction of sp³-hybridized carbons (Fsp3) is 0.400. The molecule has 0 fully saturated rings. The molecule has 2 radical (unpaired) electrons. The summed E-state index contributed by atoms with van der Waals surface area (Å²) in [5.41, 5.74) is 2.56. The van der Waals surface area contributed by atoms with Crippen LogP contribution in [0.25, 0.3) is 0 Å². The Labute approximate surface area is 76.7 Å². The topological polar surface area (TPSA) is 9.23 Å². The number of aryl methyl sites for hydroxylation is 1. The van der Waals surface area contributed by atoms with Crippen LogP contribution in [0.1, 0.15) is 18.1 Å². The van der Waals surface area contributed by atoms with E-state index in [1.807, 2.05) is 12.1 Å². The molecular weight excluding hydrogens is 164 g/mol. The molecule has 2 heteroatoms. The van der Waals surface area contributed by atoms with Crippen LogP contribution in [0, 0.1) is 13.8 Å². The third-order valence-corrected chi connectivity index (χ3v) is 2.53. The van der Waals surface area contributed by atoms with Crippen LogP contribution in [0.15, 0.2) is 18.2 Å². The van der Waals surface area contributed by atoms with Crippen molar-refractivity contribution in [2.45, 2.75) is 26.8 Å². The van der Waals surface area contributed by atoms with Gasteiger partial charge in [0.15, 0.2) is 0 Å². The zero-order valence-electron chi connectivity index (χ0n) is 7.85. The molecule has 0 saturated carbocycles. The first-order valence-electron chi connectivity index (χ1n) is 4.21. The summed E-state index contributed by atoms with van der Waals surface area (Å²) < 4.78 is 5.59. The Kier molecular flexibility index (Phi) is 3.35. The Morgan fingerprint density at radius 3 is 2.75 bits per heavy atom. The maximum atomic E-state index is 5.59. The summed E-state index contributed by atoms with van der Waals surface area (Å²) in [5, 5.41) is 0. The summed E-state index contributed by atoms with van der Waals surface area (Å²) in [4.78, 5) is 0. The largest absolute Gasteiger partial charge is 0.541 e. The van der Waals surface area contributed by atoms with Crippen LogP contribution in [0.2, 0.25) is 6.04 Å². The Bertz CT molecular complexity index is 258. The van der Waals surface area contributed by atoms with Crippen molar-refractivity contribution in [2.75, 3.05) is 0 Å². The maximum absolute atomic E-state index is 5.59. The number of hydrogen-bond acceptors (Lipinski definition) is 1. The van der Waals surface area contributed by atoms with Crippen molar-refractivity contribution in [1.29, 1.82) is 0 Å². The van der Waals surface area contributed by atoms with E-state index in [0.29, 0.717) is 9.76 Å². The average molecular weight is 178 g/mol. The number of rotatable bonds is 3. The van der Waals surface area contributed by atoms with Crippen molar-refractivity contribution >= 4 is 9.76 Å². The Morgan fingerprint density at radius 2 is 2.08 bits per heavy atom. The van der Waals surface area contributed by atoms with Gasteiger partial charge in [-0.3, -0.25) is 0 Å². The highest BCUT2D eigenvalue weighted by Gasteiger charge is 2.00. The van der Waals surface area contributed by atoms with Crippen molar-refractivity contribution in [3.63, 3.8) is 0 Å². The molecule has 0 aromatic heterocycles. The van der Waals surface area contributed by atoms with Gasteiger partial charge in [0.05, 0.1) is 0 Å². The van der Waals surface area contributed by atoms with Gasteiger partial charge in [-0.1, -0.05) is 19.1 Å². The third kappa shape index (κ3) is 2.11. The summed E-state index contributed by atoms with van der Waals surface area (Å²) >= 11 is 0. The van der Waals surface area contributed by atoms with Crippen LogP contribution in [0.5, 0.6) is 5.75 Å². The molecule has 1 nitrogen and oxygen atoms in total. The molecule has 0 amide bonds. The molecule has 0 N–H and O–H groups in total. The highest BCUT2D eigenvalue weighted by molar-refractivity contribution is 6.28. The van der Waals surface area contributed by atoms with Crippen molar-refractivity contribution in [1.82, 2.24) is 0 Å². The Hall–Kier alpha value is -0.763. The lowest BCUT2D eigenvalue weighted by atomic mass is 10.1. The first-order chi connectivity index (χ1) is 5.75. The van der Waals surface area contributed by atoms with Gasteiger partial charge in [0.25, 0.3) is 0 Å². The quantitative estimate of drug-likeness (QED) is 0.647. The van der Waals surface area contributed by atoms with Gasteiger partial charge in [-0.25, -0.2) is 0 Å². The van der Waals surface area contributed by atoms with Crippen LogP contribution in [-0.2, 0) is 0 Å². The monoisotopic (exact) mass is 178 g/mol. The Morgan fingerprint density at radius 1 is 1.33 bits per heavy atom. The lowest BCUT2D eigenvalue weighted by molar-refractivity contribution is 0.588. The van der Waals surface area contributed by atoms with Crippen molar-refractivity contribution in [2.24, 2.45) is 0 Å². The molecule has 12 heavy (non-hydrogen) atoms. The normalized spacial score (nSPS) is 9.92. The molecular formula is C10H14OSi. The van der Waals surface area contributed by atoms with Crippen LogP contribution in [0.3, 0.4) is 0 Å². The minimum absolute atomic E-state index is 0.585. The highest BCUT2D eigenvalue weighted by Crippen LogP contribution is 2.19. The SMILES string of the molecule is CC[Si]Oc1cccc(C)c1C. The third-order valence-electron chi connectivity index (χ3n) is 1.88. The second-order valence-electron chi connectivity index (χ2n) is 2.80. The smallest absolute Gasteiger partial charge is 0.310 e. The summed E-state index contributed by atoms with van der Waals surface area (Å²) in [5.74, 6) is 1.04. The van der Waals surface area contributed by atoms with Gasteiger partial charge in [0.1, 0.15) is 5.75 Å². The van der Waals surface area contributed by atoms with E-state index in [2.05, 4.69) is 26.8 Å². The van der Waals surface area contributed by atoms with E-state index in [-0.39, 0.29) is 0 Å². The van der Waals surface area contributed by atoms with Crippen molar-refractivity contribution < 1.29 is 4.43 Å². The van der Waals surface area contributed by atoms with E-state index in [9.17, 15) is 0 Å². The summed E-state index contributed by atoms with van der Waals surface area (Å²) in [6.45, 7) is 6.34. The molecule has 1 rings (SSSR count). The second kappa shape index (κ2) is 4.31. The van der Waals surface area contributed by atoms with E-state index < -0.39 is 0 Å².